The fourth-order valence-corrected chi connectivity index (χ4v) is 4.21. The molecule has 2 amide bonds. The van der Waals surface area contributed by atoms with Crippen LogP contribution in [-0.2, 0) is 17.9 Å². The number of carbonyl (C=O) groups is 2. The van der Waals surface area contributed by atoms with Crippen LogP contribution in [0.5, 0.6) is 0 Å². The molecule has 1 aromatic heterocycles. The van der Waals surface area contributed by atoms with Crippen molar-refractivity contribution in [2.45, 2.75) is 59.7 Å². The number of hydrogen-bond acceptors (Lipinski definition) is 2. The van der Waals surface area contributed by atoms with E-state index in [-0.39, 0.29) is 24.4 Å². The fourth-order valence-electron chi connectivity index (χ4n) is 4.08. The smallest absolute Gasteiger partial charge is 0.254 e. The van der Waals surface area contributed by atoms with Gasteiger partial charge in [-0.05, 0) is 69.2 Å². The molecule has 186 valence electrons. The van der Waals surface area contributed by atoms with Gasteiger partial charge in [-0.2, -0.15) is 0 Å². The van der Waals surface area contributed by atoms with E-state index < -0.39 is 0 Å². The second kappa shape index (κ2) is 12.6. The third kappa shape index (κ3) is 7.46. The number of unbranched alkanes of at least 4 members (excludes halogenated alkanes) is 1. The Morgan fingerprint density at radius 3 is 2.43 bits per heavy atom. The average molecular weight is 494 g/mol. The Bertz CT molecular complexity index is 1120. The maximum absolute atomic E-state index is 13.5. The number of benzene rings is 2. The standard InChI is InChI=1S/C29H36ClN3O2/c1-5-6-16-32(20-27-11-8-17-31(27)19-24-10-7-9-23(4)18-24)28(34)21-33(22(2)3)29(35)25-12-14-26(30)15-13-25/h7-15,17-18,22H,5-6,16,19-21H2,1-4H3. The maximum atomic E-state index is 13.5. The van der Waals surface area contributed by atoms with Crippen molar-refractivity contribution in [1.29, 1.82) is 0 Å². The van der Waals surface area contributed by atoms with Gasteiger partial charge in [0.25, 0.3) is 5.91 Å². The fraction of sp³-hybridized carbons (Fsp3) is 0.379. The predicted octanol–water partition coefficient (Wildman–Crippen LogP) is 6.18. The Balaban J connectivity index is 1.76. The van der Waals surface area contributed by atoms with Crippen molar-refractivity contribution in [3.05, 3.63) is 94.3 Å². The van der Waals surface area contributed by atoms with Crippen molar-refractivity contribution in [2.24, 2.45) is 0 Å². The first-order valence-electron chi connectivity index (χ1n) is 12.3. The number of aromatic nitrogens is 1. The van der Waals surface area contributed by atoms with Gasteiger partial charge in [0.15, 0.2) is 0 Å². The minimum Gasteiger partial charge on any atom is -0.345 e. The topological polar surface area (TPSA) is 45.6 Å². The third-order valence-corrected chi connectivity index (χ3v) is 6.38. The van der Waals surface area contributed by atoms with E-state index in [1.165, 1.54) is 11.1 Å². The van der Waals surface area contributed by atoms with Gasteiger partial charge in [-0.25, -0.2) is 0 Å². The Labute approximate surface area is 214 Å². The summed E-state index contributed by atoms with van der Waals surface area (Å²) in [5.74, 6) is -0.207. The number of nitrogens with zero attached hydrogens (tertiary/aromatic N) is 3. The van der Waals surface area contributed by atoms with Crippen LogP contribution in [0.1, 0.15) is 60.8 Å². The van der Waals surface area contributed by atoms with Gasteiger partial charge < -0.3 is 14.4 Å². The van der Waals surface area contributed by atoms with Crippen molar-refractivity contribution >= 4 is 23.4 Å². The monoisotopic (exact) mass is 493 g/mol. The molecule has 0 bridgehead atoms. The first-order valence-corrected chi connectivity index (χ1v) is 12.7. The molecular formula is C29H36ClN3O2. The Hall–Kier alpha value is -3.05. The van der Waals surface area contributed by atoms with E-state index in [1.54, 1.807) is 29.2 Å². The van der Waals surface area contributed by atoms with Gasteiger partial charge in [0, 0.05) is 41.6 Å². The Kier molecular flexibility index (Phi) is 9.55. The van der Waals surface area contributed by atoms with Crippen LogP contribution in [0.3, 0.4) is 0 Å². The van der Waals surface area contributed by atoms with Crippen molar-refractivity contribution in [3.63, 3.8) is 0 Å². The Morgan fingerprint density at radius 1 is 1.03 bits per heavy atom. The van der Waals surface area contributed by atoms with Crippen molar-refractivity contribution in [1.82, 2.24) is 14.4 Å². The van der Waals surface area contributed by atoms with E-state index in [9.17, 15) is 9.59 Å². The summed E-state index contributed by atoms with van der Waals surface area (Å²) in [6, 6.07) is 19.3. The normalized spacial score (nSPS) is 11.0. The lowest BCUT2D eigenvalue weighted by atomic mass is 10.1. The number of rotatable bonds is 11. The largest absolute Gasteiger partial charge is 0.345 e. The van der Waals surface area contributed by atoms with E-state index >= 15 is 0 Å². The highest BCUT2D eigenvalue weighted by molar-refractivity contribution is 6.30. The lowest BCUT2D eigenvalue weighted by molar-refractivity contribution is -0.133. The van der Waals surface area contributed by atoms with Crippen LogP contribution in [-0.4, -0.2) is 45.3 Å². The van der Waals surface area contributed by atoms with Crippen LogP contribution in [0.2, 0.25) is 5.02 Å². The van der Waals surface area contributed by atoms with Gasteiger partial charge in [0.2, 0.25) is 5.91 Å². The summed E-state index contributed by atoms with van der Waals surface area (Å²) in [7, 11) is 0. The predicted molar refractivity (Wildman–Crippen MR) is 143 cm³/mol. The van der Waals surface area contributed by atoms with E-state index in [1.807, 2.05) is 24.8 Å². The molecule has 1 heterocycles. The molecule has 0 saturated heterocycles. The van der Waals surface area contributed by atoms with Gasteiger partial charge in [-0.1, -0.05) is 54.8 Å². The molecule has 35 heavy (non-hydrogen) atoms. The van der Waals surface area contributed by atoms with E-state index in [0.29, 0.717) is 23.7 Å². The van der Waals surface area contributed by atoms with Crippen molar-refractivity contribution in [3.8, 4) is 0 Å². The highest BCUT2D eigenvalue weighted by Crippen LogP contribution is 2.16. The molecule has 0 atom stereocenters. The zero-order valence-corrected chi connectivity index (χ0v) is 22.0. The average Bonchev–Trinajstić information content (AvgIpc) is 3.26. The van der Waals surface area contributed by atoms with Crippen LogP contribution >= 0.6 is 11.6 Å². The molecule has 0 N–H and O–H groups in total. The van der Waals surface area contributed by atoms with Crippen LogP contribution < -0.4 is 0 Å². The summed E-state index contributed by atoms with van der Waals surface area (Å²) in [5, 5.41) is 0.577. The van der Waals surface area contributed by atoms with Crippen LogP contribution in [0, 0.1) is 6.92 Å². The highest BCUT2D eigenvalue weighted by atomic mass is 35.5. The van der Waals surface area contributed by atoms with Crippen molar-refractivity contribution in [2.75, 3.05) is 13.1 Å². The van der Waals surface area contributed by atoms with Gasteiger partial charge in [-0.15, -0.1) is 0 Å². The highest BCUT2D eigenvalue weighted by Gasteiger charge is 2.25. The van der Waals surface area contributed by atoms with Crippen LogP contribution in [0.25, 0.3) is 0 Å². The molecule has 0 aliphatic carbocycles. The SMILES string of the molecule is CCCCN(Cc1cccn1Cc1cccc(C)c1)C(=O)CN(C(=O)c1ccc(Cl)cc1)C(C)C. The van der Waals surface area contributed by atoms with E-state index in [0.717, 1.165) is 25.1 Å². The zero-order valence-electron chi connectivity index (χ0n) is 21.2. The molecule has 5 nitrogen and oxygen atoms in total. The minimum absolute atomic E-state index is 0.0431. The first kappa shape index (κ1) is 26.6. The lowest BCUT2D eigenvalue weighted by Crippen LogP contribution is -2.46. The molecule has 0 aliphatic rings. The number of halogens is 1. The molecule has 0 fully saturated rings. The lowest BCUT2D eigenvalue weighted by Gasteiger charge is -2.30. The van der Waals surface area contributed by atoms with Gasteiger partial charge in [0.1, 0.15) is 6.54 Å². The van der Waals surface area contributed by atoms with E-state index in [2.05, 4.69) is 54.9 Å². The second-order valence-electron chi connectivity index (χ2n) is 9.32. The molecule has 3 aromatic rings. The number of carbonyl (C=O) groups excluding carboxylic acids is 2. The molecular weight excluding hydrogens is 458 g/mol. The molecule has 6 heteroatoms. The summed E-state index contributed by atoms with van der Waals surface area (Å²) in [6.07, 6.45) is 3.97. The third-order valence-electron chi connectivity index (χ3n) is 6.13. The molecule has 0 aliphatic heterocycles. The quantitative estimate of drug-likeness (QED) is 0.320. The summed E-state index contributed by atoms with van der Waals surface area (Å²) < 4.78 is 2.19. The zero-order chi connectivity index (χ0) is 25.4. The summed E-state index contributed by atoms with van der Waals surface area (Å²) >= 11 is 5.98. The molecule has 0 spiro atoms. The molecule has 2 aromatic carbocycles. The Morgan fingerprint density at radius 2 is 1.77 bits per heavy atom. The first-order chi connectivity index (χ1) is 16.8. The summed E-state index contributed by atoms with van der Waals surface area (Å²) in [5.41, 5.74) is 4.07. The van der Waals surface area contributed by atoms with Crippen molar-refractivity contribution < 1.29 is 9.59 Å². The maximum Gasteiger partial charge on any atom is 0.254 e. The summed E-state index contributed by atoms with van der Waals surface area (Å²) in [6.45, 7) is 10.1. The molecule has 0 saturated carbocycles. The molecule has 3 rings (SSSR count). The van der Waals surface area contributed by atoms with Gasteiger partial charge in [-0.3, -0.25) is 9.59 Å². The summed E-state index contributed by atoms with van der Waals surface area (Å²) in [4.78, 5) is 30.2. The van der Waals surface area contributed by atoms with Gasteiger partial charge >= 0.3 is 0 Å². The van der Waals surface area contributed by atoms with Crippen LogP contribution in [0.4, 0.5) is 0 Å². The molecule has 0 radical (unpaired) electrons. The van der Waals surface area contributed by atoms with Gasteiger partial charge in [0.05, 0.1) is 6.54 Å². The van der Waals surface area contributed by atoms with Crippen LogP contribution in [0.15, 0.2) is 66.9 Å². The number of amides is 2. The number of aryl methyl sites for hydroxylation is 1. The second-order valence-corrected chi connectivity index (χ2v) is 9.76. The van der Waals surface area contributed by atoms with E-state index in [4.69, 9.17) is 11.6 Å². The minimum atomic E-state index is -0.164. The molecule has 0 unspecified atom stereocenters. The number of hydrogen-bond donors (Lipinski definition) is 0.